The van der Waals surface area contributed by atoms with E-state index in [1.165, 1.54) is 31.0 Å². The first-order valence-corrected chi connectivity index (χ1v) is 6.44. The van der Waals surface area contributed by atoms with E-state index >= 15 is 0 Å². The summed E-state index contributed by atoms with van der Waals surface area (Å²) in [5.41, 5.74) is 1.04. The van der Waals surface area contributed by atoms with Crippen LogP contribution in [0.25, 0.3) is 11.4 Å². The van der Waals surface area contributed by atoms with Gasteiger partial charge in [-0.05, 0) is 5.56 Å². The van der Waals surface area contributed by atoms with Crippen molar-refractivity contribution < 1.29 is 27.3 Å². The average Bonchev–Trinajstić information content (AvgIpc) is 2.97. The predicted molar refractivity (Wildman–Crippen MR) is 71.9 cm³/mol. The first kappa shape index (κ1) is 16.7. The van der Waals surface area contributed by atoms with Gasteiger partial charge in [-0.2, -0.15) is 18.2 Å². The van der Waals surface area contributed by atoms with Crippen LogP contribution in [0.4, 0.5) is 13.2 Å². The third kappa shape index (κ3) is 3.93. The molecule has 0 saturated carbocycles. The molecule has 0 aliphatic heterocycles. The van der Waals surface area contributed by atoms with Crippen LogP contribution in [-0.4, -0.2) is 33.8 Å². The van der Waals surface area contributed by atoms with E-state index < -0.39 is 23.8 Å². The summed E-state index contributed by atoms with van der Waals surface area (Å²) in [6.45, 7) is 1.37. The Labute approximate surface area is 128 Å². The van der Waals surface area contributed by atoms with E-state index in [4.69, 9.17) is 0 Å². The molecule has 1 aromatic heterocycles. The number of hydrogen-bond acceptors (Lipinski definition) is 5. The van der Waals surface area contributed by atoms with Gasteiger partial charge in [-0.3, -0.25) is 9.59 Å². The third-order valence-corrected chi connectivity index (χ3v) is 2.95. The molecule has 122 valence electrons. The molecule has 1 heterocycles. The minimum Gasteiger partial charge on any atom is -0.335 e. The number of halogens is 3. The van der Waals surface area contributed by atoms with Gasteiger partial charge in [0.15, 0.2) is 0 Å². The fraction of sp³-hybridized carbons (Fsp3) is 0.286. The maximum atomic E-state index is 12.4. The van der Waals surface area contributed by atoms with Crippen LogP contribution in [0.5, 0.6) is 0 Å². The molecule has 0 atom stereocenters. The number of rotatable bonds is 4. The van der Waals surface area contributed by atoms with Crippen LogP contribution in [0.15, 0.2) is 28.8 Å². The van der Waals surface area contributed by atoms with Crippen molar-refractivity contribution in [2.45, 2.75) is 19.6 Å². The van der Waals surface area contributed by atoms with Crippen LogP contribution in [0.1, 0.15) is 18.4 Å². The third-order valence-electron chi connectivity index (χ3n) is 2.95. The predicted octanol–water partition coefficient (Wildman–Crippen LogP) is 2.30. The van der Waals surface area contributed by atoms with Gasteiger partial charge >= 0.3 is 12.1 Å². The number of Topliss-reactive ketones (excluding diaryl/α,β-unsaturated/α-hetero) is 1. The number of amides is 1. The molecule has 2 rings (SSSR count). The first-order chi connectivity index (χ1) is 10.7. The largest absolute Gasteiger partial charge is 0.471 e. The van der Waals surface area contributed by atoms with Crippen molar-refractivity contribution in [3.8, 4) is 11.4 Å². The van der Waals surface area contributed by atoms with Gasteiger partial charge in [-0.1, -0.05) is 29.4 Å². The summed E-state index contributed by atoms with van der Waals surface area (Å²) >= 11 is 0. The highest BCUT2D eigenvalue weighted by atomic mass is 19.4. The Kier molecular flexibility index (Phi) is 4.48. The summed E-state index contributed by atoms with van der Waals surface area (Å²) in [5.74, 6) is -2.79. The molecule has 2 aromatic rings. The lowest BCUT2D eigenvalue weighted by Gasteiger charge is -2.15. The molecule has 0 bridgehead atoms. The molecule has 0 aliphatic carbocycles. The zero-order valence-electron chi connectivity index (χ0n) is 12.2. The van der Waals surface area contributed by atoms with Crippen LogP contribution in [0, 0.1) is 0 Å². The molecule has 1 aromatic carbocycles. The molecule has 0 N–H and O–H groups in total. The van der Waals surface area contributed by atoms with Crippen LogP contribution < -0.4 is 0 Å². The van der Waals surface area contributed by atoms with Crippen LogP contribution in [0.2, 0.25) is 0 Å². The summed E-state index contributed by atoms with van der Waals surface area (Å²) in [7, 11) is 1.48. The monoisotopic (exact) mass is 327 g/mol. The van der Waals surface area contributed by atoms with Crippen molar-refractivity contribution in [3.63, 3.8) is 0 Å². The van der Waals surface area contributed by atoms with Crippen LogP contribution in [-0.2, 0) is 22.3 Å². The summed E-state index contributed by atoms with van der Waals surface area (Å²) < 4.78 is 41.4. The van der Waals surface area contributed by atoms with Crippen LogP contribution >= 0.6 is 0 Å². The number of aromatic nitrogens is 2. The topological polar surface area (TPSA) is 76.3 Å². The number of alkyl halides is 3. The average molecular weight is 327 g/mol. The summed E-state index contributed by atoms with van der Waals surface area (Å²) in [6.07, 6.45) is -4.69. The molecule has 9 heteroatoms. The van der Waals surface area contributed by atoms with E-state index in [-0.39, 0.29) is 12.4 Å². The molecule has 0 spiro atoms. The van der Waals surface area contributed by atoms with Gasteiger partial charge in [-0.15, -0.1) is 0 Å². The van der Waals surface area contributed by atoms with Crippen molar-refractivity contribution in [1.82, 2.24) is 15.0 Å². The second-order valence-corrected chi connectivity index (χ2v) is 4.84. The van der Waals surface area contributed by atoms with Gasteiger partial charge in [0, 0.05) is 26.1 Å². The van der Waals surface area contributed by atoms with E-state index in [1.807, 2.05) is 0 Å². The Balaban J connectivity index is 2.12. The lowest BCUT2D eigenvalue weighted by molar-refractivity contribution is -0.159. The standard InChI is InChI=1S/C14H12F3N3O3/c1-8(21)12(22)20(2)7-9-3-5-10(6-4-9)11-18-13(23-19-11)14(15,16)17/h3-6H,7H2,1-2H3. The van der Waals surface area contributed by atoms with Gasteiger partial charge in [-0.25, -0.2) is 0 Å². The molecule has 1 amide bonds. The van der Waals surface area contributed by atoms with Gasteiger partial charge in [0.25, 0.3) is 5.91 Å². The number of nitrogens with zero attached hydrogens (tertiary/aromatic N) is 3. The van der Waals surface area contributed by atoms with E-state index in [2.05, 4.69) is 14.7 Å². The molecule has 0 saturated heterocycles. The summed E-state index contributed by atoms with van der Waals surface area (Å²) in [6, 6.07) is 6.21. The fourth-order valence-electron chi connectivity index (χ4n) is 1.83. The fourth-order valence-corrected chi connectivity index (χ4v) is 1.83. The van der Waals surface area contributed by atoms with Crippen molar-refractivity contribution >= 4 is 11.7 Å². The highest BCUT2D eigenvalue weighted by Gasteiger charge is 2.38. The second kappa shape index (κ2) is 6.19. The molecule has 0 aliphatic rings. The van der Waals surface area contributed by atoms with Crippen molar-refractivity contribution in [1.29, 1.82) is 0 Å². The molecule has 6 nitrogen and oxygen atoms in total. The Bertz CT molecular complexity index is 723. The maximum absolute atomic E-state index is 12.4. The van der Waals surface area contributed by atoms with Crippen LogP contribution in [0.3, 0.4) is 0 Å². The van der Waals surface area contributed by atoms with E-state index in [0.717, 1.165) is 0 Å². The van der Waals surface area contributed by atoms with Gasteiger partial charge in [0.1, 0.15) is 0 Å². The van der Waals surface area contributed by atoms with Gasteiger partial charge in [0.05, 0.1) is 0 Å². The molecular formula is C14H12F3N3O3. The van der Waals surface area contributed by atoms with E-state index in [1.54, 1.807) is 12.1 Å². The molecule has 0 radical (unpaired) electrons. The lowest BCUT2D eigenvalue weighted by atomic mass is 10.1. The van der Waals surface area contributed by atoms with Gasteiger partial charge < -0.3 is 9.42 Å². The second-order valence-electron chi connectivity index (χ2n) is 4.84. The normalized spacial score (nSPS) is 11.3. The highest BCUT2D eigenvalue weighted by Crippen LogP contribution is 2.29. The molecular weight excluding hydrogens is 315 g/mol. The number of carbonyl (C=O) groups is 2. The molecule has 23 heavy (non-hydrogen) atoms. The number of carbonyl (C=O) groups excluding carboxylic acids is 2. The Hall–Kier alpha value is -2.71. The highest BCUT2D eigenvalue weighted by molar-refractivity contribution is 6.34. The maximum Gasteiger partial charge on any atom is 0.471 e. The smallest absolute Gasteiger partial charge is 0.335 e. The van der Waals surface area contributed by atoms with E-state index in [9.17, 15) is 22.8 Å². The Morgan fingerprint density at radius 1 is 1.22 bits per heavy atom. The SMILES string of the molecule is CC(=O)C(=O)N(C)Cc1ccc(-c2noc(C(F)(F)F)n2)cc1. The minimum absolute atomic E-state index is 0.183. The summed E-state index contributed by atoms with van der Waals surface area (Å²) in [5, 5.41) is 3.28. The lowest BCUT2D eigenvalue weighted by Crippen LogP contribution is -2.31. The number of likely N-dealkylation sites (N-methyl/N-ethyl adjacent to an activating group) is 1. The minimum atomic E-state index is -4.69. The Morgan fingerprint density at radius 3 is 2.30 bits per heavy atom. The van der Waals surface area contributed by atoms with Gasteiger partial charge in [0.2, 0.25) is 11.6 Å². The molecule has 0 fully saturated rings. The van der Waals surface area contributed by atoms with Crippen molar-refractivity contribution in [2.24, 2.45) is 0 Å². The summed E-state index contributed by atoms with van der Waals surface area (Å²) in [4.78, 5) is 27.0. The van der Waals surface area contributed by atoms with E-state index in [0.29, 0.717) is 11.1 Å². The Morgan fingerprint density at radius 2 is 1.83 bits per heavy atom. The first-order valence-electron chi connectivity index (χ1n) is 6.44. The zero-order chi connectivity index (χ0) is 17.2. The zero-order valence-corrected chi connectivity index (χ0v) is 12.2. The number of ketones is 1. The number of benzene rings is 1. The quantitative estimate of drug-likeness (QED) is 0.806. The van der Waals surface area contributed by atoms with Crippen molar-refractivity contribution in [3.05, 3.63) is 35.7 Å². The van der Waals surface area contributed by atoms with Crippen molar-refractivity contribution in [2.75, 3.05) is 7.05 Å². The number of hydrogen-bond donors (Lipinski definition) is 0. The molecule has 0 unspecified atom stereocenters.